The van der Waals surface area contributed by atoms with Crippen molar-refractivity contribution in [2.75, 3.05) is 11.9 Å². The first-order valence-electron chi connectivity index (χ1n) is 9.82. The second kappa shape index (κ2) is 6.07. The molecule has 0 fully saturated rings. The van der Waals surface area contributed by atoms with E-state index in [0.29, 0.717) is 11.4 Å². The lowest BCUT2D eigenvalue weighted by Crippen LogP contribution is -2.61. The van der Waals surface area contributed by atoms with Crippen molar-refractivity contribution >= 4 is 40.3 Å². The Morgan fingerprint density at radius 3 is 2.35 bits per heavy atom. The van der Waals surface area contributed by atoms with Crippen LogP contribution < -0.4 is 9.64 Å². The third kappa shape index (κ3) is 2.43. The van der Waals surface area contributed by atoms with Crippen molar-refractivity contribution in [3.8, 4) is 5.75 Å². The maximum Gasteiger partial charge on any atom is 0.335 e. The predicted octanol–water partition coefficient (Wildman–Crippen LogP) is 4.45. The lowest BCUT2D eigenvalue weighted by Gasteiger charge is -2.45. The van der Waals surface area contributed by atoms with Crippen molar-refractivity contribution in [3.05, 3.63) is 65.2 Å². The summed E-state index contributed by atoms with van der Waals surface area (Å²) in [5, 5.41) is 20.3. The normalized spacial score (nSPS) is 20.4. The highest BCUT2D eigenvalue weighted by Crippen LogP contribution is 2.54. The van der Waals surface area contributed by atoms with E-state index >= 15 is 0 Å². The zero-order valence-corrected chi connectivity index (χ0v) is 17.2. The van der Waals surface area contributed by atoms with Gasteiger partial charge in [-0.3, -0.25) is 4.99 Å². The van der Waals surface area contributed by atoms with Crippen LogP contribution in [0.25, 0.3) is 10.8 Å². The molecule has 0 amide bonds. The second-order valence-electron chi connectivity index (χ2n) is 8.43. The van der Waals surface area contributed by atoms with Gasteiger partial charge in [-0.2, -0.15) is 0 Å². The minimum absolute atomic E-state index is 0.214. The molecule has 0 bridgehead atoms. The van der Waals surface area contributed by atoms with Gasteiger partial charge in [0, 0.05) is 18.1 Å². The van der Waals surface area contributed by atoms with Crippen molar-refractivity contribution < 1.29 is 24.5 Å². The van der Waals surface area contributed by atoms with Crippen LogP contribution in [-0.4, -0.2) is 41.1 Å². The number of nitrogens with zero attached hydrogens (tertiary/aromatic N) is 2. The monoisotopic (exact) mass is 416 g/mol. The number of hydrogen-bond acceptors (Lipinski definition) is 5. The number of hydrogen-bond donors (Lipinski definition) is 2. The molecular formula is C24H20N2O5. The van der Waals surface area contributed by atoms with Crippen LogP contribution in [0.5, 0.6) is 5.75 Å². The maximum absolute atomic E-state index is 11.5. The number of rotatable bonds is 2. The van der Waals surface area contributed by atoms with Crippen LogP contribution in [0.3, 0.4) is 0 Å². The van der Waals surface area contributed by atoms with E-state index in [1.165, 1.54) is 0 Å². The number of fused-ring (bicyclic) bond motifs is 4. The van der Waals surface area contributed by atoms with E-state index in [1.54, 1.807) is 48.7 Å². The van der Waals surface area contributed by atoms with Gasteiger partial charge in [-0.15, -0.1) is 0 Å². The maximum atomic E-state index is 11.5. The molecule has 2 heterocycles. The molecule has 2 aliphatic rings. The van der Waals surface area contributed by atoms with Gasteiger partial charge in [0.15, 0.2) is 0 Å². The van der Waals surface area contributed by atoms with Crippen LogP contribution in [0.2, 0.25) is 0 Å². The van der Waals surface area contributed by atoms with Gasteiger partial charge in [0.2, 0.25) is 5.72 Å². The highest BCUT2D eigenvalue weighted by atomic mass is 16.5. The number of anilines is 1. The summed E-state index contributed by atoms with van der Waals surface area (Å²) < 4.78 is 6.59. The molecule has 31 heavy (non-hydrogen) atoms. The molecule has 7 nitrogen and oxygen atoms in total. The van der Waals surface area contributed by atoms with Crippen molar-refractivity contribution in [2.45, 2.75) is 25.0 Å². The van der Waals surface area contributed by atoms with Crippen LogP contribution in [0.1, 0.15) is 40.1 Å². The third-order valence-electron chi connectivity index (χ3n) is 6.51. The van der Waals surface area contributed by atoms with Gasteiger partial charge in [0.1, 0.15) is 11.4 Å². The quantitative estimate of drug-likeness (QED) is 0.640. The van der Waals surface area contributed by atoms with Crippen molar-refractivity contribution in [1.82, 2.24) is 0 Å². The Morgan fingerprint density at radius 2 is 1.65 bits per heavy atom. The Kier molecular flexibility index (Phi) is 3.74. The molecule has 3 aromatic rings. The summed E-state index contributed by atoms with van der Waals surface area (Å²) in [6.07, 6.45) is 1.76. The third-order valence-corrected chi connectivity index (χ3v) is 6.51. The van der Waals surface area contributed by atoms with Gasteiger partial charge < -0.3 is 19.8 Å². The molecule has 7 heteroatoms. The molecule has 3 aromatic carbocycles. The van der Waals surface area contributed by atoms with Crippen LogP contribution in [0, 0.1) is 0 Å². The molecule has 1 atom stereocenters. The Bertz CT molecular complexity index is 1330. The summed E-state index contributed by atoms with van der Waals surface area (Å²) in [6, 6.07) is 13.6. The van der Waals surface area contributed by atoms with Crippen molar-refractivity contribution in [1.29, 1.82) is 0 Å². The zero-order valence-electron chi connectivity index (χ0n) is 17.2. The predicted molar refractivity (Wildman–Crippen MR) is 117 cm³/mol. The van der Waals surface area contributed by atoms with Crippen LogP contribution >= 0.6 is 0 Å². The first kappa shape index (κ1) is 19.1. The molecular weight excluding hydrogens is 396 g/mol. The van der Waals surface area contributed by atoms with Crippen molar-refractivity contribution in [3.63, 3.8) is 0 Å². The van der Waals surface area contributed by atoms with Gasteiger partial charge in [-0.25, -0.2) is 9.59 Å². The van der Waals surface area contributed by atoms with Gasteiger partial charge >= 0.3 is 11.9 Å². The molecule has 1 unspecified atom stereocenters. The van der Waals surface area contributed by atoms with Gasteiger partial charge in [-0.1, -0.05) is 12.1 Å². The number of benzene rings is 3. The first-order chi connectivity index (χ1) is 14.7. The summed E-state index contributed by atoms with van der Waals surface area (Å²) in [4.78, 5) is 29.5. The number of carbonyl (C=O) groups is 2. The van der Waals surface area contributed by atoms with Crippen molar-refractivity contribution in [2.24, 2.45) is 4.99 Å². The first-order valence-corrected chi connectivity index (χ1v) is 9.82. The molecule has 156 valence electrons. The minimum atomic E-state index is -0.980. The fourth-order valence-electron chi connectivity index (χ4n) is 4.69. The average molecular weight is 416 g/mol. The molecule has 2 aliphatic heterocycles. The number of likely N-dealkylation sites (N-methyl/N-ethyl adjacent to an activating group) is 1. The van der Waals surface area contributed by atoms with Gasteiger partial charge in [0.05, 0.1) is 22.8 Å². The molecule has 0 radical (unpaired) electrons. The Morgan fingerprint density at radius 1 is 0.968 bits per heavy atom. The fraction of sp³-hybridized carbons (Fsp3) is 0.208. The number of ether oxygens (including phenoxy) is 1. The lowest BCUT2D eigenvalue weighted by molar-refractivity contribution is 0.0685. The SMILES string of the molecule is CN1c2ccc(C(=O)O)cc2C(C)(C)C12C=Nc1c(ccc3cc(C(=O)O)ccc13)O2. The van der Waals surface area contributed by atoms with Crippen LogP contribution in [0.4, 0.5) is 11.4 Å². The smallest absolute Gasteiger partial charge is 0.335 e. The molecule has 1 spiro atoms. The Hall–Kier alpha value is -3.87. The Labute approximate surface area is 178 Å². The van der Waals surface area contributed by atoms with E-state index in [4.69, 9.17) is 9.73 Å². The summed E-state index contributed by atoms with van der Waals surface area (Å²) in [5.41, 5.74) is 1.32. The summed E-state index contributed by atoms with van der Waals surface area (Å²) in [5.74, 6) is -1.37. The molecule has 0 saturated carbocycles. The second-order valence-corrected chi connectivity index (χ2v) is 8.43. The van der Waals surface area contributed by atoms with Crippen LogP contribution in [0.15, 0.2) is 53.5 Å². The summed E-state index contributed by atoms with van der Waals surface area (Å²) >= 11 is 0. The van der Waals surface area contributed by atoms with E-state index in [0.717, 1.165) is 22.0 Å². The van der Waals surface area contributed by atoms with Gasteiger partial charge in [-0.05, 0) is 61.2 Å². The van der Waals surface area contributed by atoms with E-state index < -0.39 is 23.1 Å². The largest absolute Gasteiger partial charge is 0.478 e. The fourth-order valence-corrected chi connectivity index (χ4v) is 4.69. The highest BCUT2D eigenvalue weighted by molar-refractivity contribution is 6.03. The minimum Gasteiger partial charge on any atom is -0.478 e. The highest BCUT2D eigenvalue weighted by Gasteiger charge is 2.58. The molecule has 0 saturated heterocycles. The number of aliphatic imine (C=N–C) groups is 1. The number of carboxylic acid groups (broad SMARTS) is 2. The van der Waals surface area contributed by atoms with E-state index in [1.807, 2.05) is 31.9 Å². The van der Waals surface area contributed by atoms with E-state index in [2.05, 4.69) is 0 Å². The Balaban J connectivity index is 1.64. The zero-order chi connectivity index (χ0) is 22.1. The number of aromatic carboxylic acids is 2. The van der Waals surface area contributed by atoms with E-state index in [-0.39, 0.29) is 11.1 Å². The molecule has 0 aliphatic carbocycles. The van der Waals surface area contributed by atoms with Gasteiger partial charge in [0.25, 0.3) is 0 Å². The molecule has 0 aromatic heterocycles. The lowest BCUT2D eigenvalue weighted by atomic mass is 9.77. The standard InChI is InChI=1S/C24H20N2O5/c1-23(2)17-11-15(22(29)30)5-8-18(17)26(3)24(23)12-25-20-16-7-4-14(21(27)28)10-13(16)6-9-19(20)31-24/h4-12H,1-3H3,(H,27,28)(H,29,30). The van der Waals surface area contributed by atoms with Crippen LogP contribution in [-0.2, 0) is 5.41 Å². The molecule has 2 N–H and O–H groups in total. The summed E-state index contributed by atoms with van der Waals surface area (Å²) in [6.45, 7) is 4.02. The van der Waals surface area contributed by atoms with E-state index in [9.17, 15) is 19.8 Å². The average Bonchev–Trinajstić information content (AvgIpc) is 2.91. The molecule has 5 rings (SSSR count). The number of carboxylic acids is 2. The summed E-state index contributed by atoms with van der Waals surface area (Å²) in [7, 11) is 1.91. The topological polar surface area (TPSA) is 99.4 Å².